The molecule has 24 heavy (non-hydrogen) atoms. The van der Waals surface area contributed by atoms with Crippen LogP contribution in [0.2, 0.25) is 0 Å². The Bertz CT molecular complexity index is 724. The highest BCUT2D eigenvalue weighted by Crippen LogP contribution is 2.24. The van der Waals surface area contributed by atoms with Gasteiger partial charge in [0.2, 0.25) is 0 Å². The van der Waals surface area contributed by atoms with Gasteiger partial charge in [-0.25, -0.2) is 0 Å². The van der Waals surface area contributed by atoms with E-state index >= 15 is 0 Å². The van der Waals surface area contributed by atoms with E-state index in [1.54, 1.807) is 0 Å². The molecule has 0 unspecified atom stereocenters. The molecule has 0 aliphatic rings. The standard InChI is InChI=1S/C23H27N/c1-23(2,3)17-11-6-12-18-24(4)19-21-15-9-10-16-22(21)20-13-7-5-8-14-20/h5-10,12-16H,18-19H2,1-4H3/b12-6-. The van der Waals surface area contributed by atoms with Crippen LogP contribution in [0.4, 0.5) is 0 Å². The molecule has 0 saturated heterocycles. The fourth-order valence-electron chi connectivity index (χ4n) is 2.46. The molecule has 0 aromatic heterocycles. The van der Waals surface area contributed by atoms with Crippen LogP contribution in [0.25, 0.3) is 11.1 Å². The third-order valence-corrected chi connectivity index (χ3v) is 3.61. The molecule has 2 aromatic carbocycles. The molecule has 2 aromatic rings. The second-order valence-corrected chi connectivity index (χ2v) is 7.14. The summed E-state index contributed by atoms with van der Waals surface area (Å²) in [6.45, 7) is 8.19. The number of nitrogens with zero attached hydrogens (tertiary/aromatic N) is 1. The first-order chi connectivity index (χ1) is 11.5. The van der Waals surface area contributed by atoms with E-state index in [1.165, 1.54) is 16.7 Å². The van der Waals surface area contributed by atoms with Crippen LogP contribution in [0.15, 0.2) is 66.7 Å². The van der Waals surface area contributed by atoms with E-state index < -0.39 is 0 Å². The molecular weight excluding hydrogens is 290 g/mol. The van der Waals surface area contributed by atoms with Crippen molar-refractivity contribution in [3.05, 3.63) is 72.3 Å². The Kier molecular flexibility index (Phi) is 6.41. The third kappa shape index (κ3) is 6.07. The maximum atomic E-state index is 3.22. The van der Waals surface area contributed by atoms with Gasteiger partial charge < -0.3 is 0 Å². The molecule has 0 saturated carbocycles. The van der Waals surface area contributed by atoms with Crippen molar-refractivity contribution in [1.82, 2.24) is 4.90 Å². The van der Waals surface area contributed by atoms with Crippen molar-refractivity contribution in [3.8, 4) is 23.0 Å². The summed E-state index contributed by atoms with van der Waals surface area (Å²) in [4.78, 5) is 2.30. The number of hydrogen-bond acceptors (Lipinski definition) is 1. The summed E-state index contributed by atoms with van der Waals surface area (Å²) in [7, 11) is 2.14. The van der Waals surface area contributed by atoms with Crippen LogP contribution in [-0.2, 0) is 6.54 Å². The zero-order valence-corrected chi connectivity index (χ0v) is 15.2. The van der Waals surface area contributed by atoms with Crippen LogP contribution >= 0.6 is 0 Å². The molecule has 0 fully saturated rings. The Morgan fingerprint density at radius 1 is 0.958 bits per heavy atom. The first-order valence-corrected chi connectivity index (χ1v) is 8.45. The van der Waals surface area contributed by atoms with Crippen molar-refractivity contribution in [3.63, 3.8) is 0 Å². The molecule has 0 amide bonds. The second kappa shape index (κ2) is 8.52. The molecule has 0 N–H and O–H groups in total. The molecule has 0 radical (unpaired) electrons. The first-order valence-electron chi connectivity index (χ1n) is 8.45. The lowest BCUT2D eigenvalue weighted by Crippen LogP contribution is -2.18. The summed E-state index contributed by atoms with van der Waals surface area (Å²) in [6.07, 6.45) is 4.09. The van der Waals surface area contributed by atoms with E-state index in [0.717, 1.165) is 13.1 Å². The molecule has 0 heterocycles. The largest absolute Gasteiger partial charge is 0.298 e. The first kappa shape index (κ1) is 18.0. The van der Waals surface area contributed by atoms with E-state index in [-0.39, 0.29) is 5.41 Å². The lowest BCUT2D eigenvalue weighted by atomic mass is 9.98. The highest BCUT2D eigenvalue weighted by molar-refractivity contribution is 5.67. The minimum atomic E-state index is 0.0604. The normalized spacial score (nSPS) is 11.5. The van der Waals surface area contributed by atoms with Gasteiger partial charge in [0.25, 0.3) is 0 Å². The minimum Gasteiger partial charge on any atom is -0.298 e. The summed E-state index contributed by atoms with van der Waals surface area (Å²) in [5.74, 6) is 6.35. The van der Waals surface area contributed by atoms with Gasteiger partial charge in [0, 0.05) is 18.5 Å². The van der Waals surface area contributed by atoms with Gasteiger partial charge in [-0.2, -0.15) is 0 Å². The zero-order valence-electron chi connectivity index (χ0n) is 15.2. The Hall–Kier alpha value is -2.30. The van der Waals surface area contributed by atoms with E-state index in [0.29, 0.717) is 0 Å². The van der Waals surface area contributed by atoms with Gasteiger partial charge in [0.1, 0.15) is 0 Å². The quantitative estimate of drug-likeness (QED) is 0.668. The van der Waals surface area contributed by atoms with Gasteiger partial charge in [-0.15, -0.1) is 0 Å². The average Bonchev–Trinajstić information content (AvgIpc) is 2.55. The molecule has 0 atom stereocenters. The van der Waals surface area contributed by atoms with E-state index in [1.807, 2.05) is 6.08 Å². The fraction of sp³-hybridized carbons (Fsp3) is 0.304. The number of rotatable bonds is 5. The molecule has 1 nitrogen and oxygen atoms in total. The molecule has 1 heteroatoms. The van der Waals surface area contributed by atoms with Crippen LogP contribution in [0, 0.1) is 17.3 Å². The summed E-state index contributed by atoms with van der Waals surface area (Å²) in [5, 5.41) is 0. The van der Waals surface area contributed by atoms with Crippen molar-refractivity contribution in [2.24, 2.45) is 5.41 Å². The van der Waals surface area contributed by atoms with Crippen molar-refractivity contribution < 1.29 is 0 Å². The topological polar surface area (TPSA) is 3.24 Å². The van der Waals surface area contributed by atoms with Crippen LogP contribution in [0.5, 0.6) is 0 Å². The van der Waals surface area contributed by atoms with Crippen LogP contribution in [0.3, 0.4) is 0 Å². The zero-order chi connectivity index (χ0) is 17.4. The number of benzene rings is 2. The third-order valence-electron chi connectivity index (χ3n) is 3.61. The van der Waals surface area contributed by atoms with E-state index in [9.17, 15) is 0 Å². The van der Waals surface area contributed by atoms with Crippen molar-refractivity contribution in [2.75, 3.05) is 13.6 Å². The summed E-state index contributed by atoms with van der Waals surface area (Å²) >= 11 is 0. The van der Waals surface area contributed by atoms with Crippen molar-refractivity contribution in [1.29, 1.82) is 0 Å². The molecule has 124 valence electrons. The monoisotopic (exact) mass is 317 g/mol. The smallest absolute Gasteiger partial charge is 0.0240 e. The molecule has 0 aliphatic heterocycles. The molecule has 0 aliphatic carbocycles. The Labute approximate surface area is 147 Å². The van der Waals surface area contributed by atoms with Crippen LogP contribution < -0.4 is 0 Å². The van der Waals surface area contributed by atoms with Gasteiger partial charge >= 0.3 is 0 Å². The summed E-state index contributed by atoms with van der Waals surface area (Å²) in [6, 6.07) is 19.2. The highest BCUT2D eigenvalue weighted by atomic mass is 15.1. The van der Waals surface area contributed by atoms with E-state index in [2.05, 4.69) is 105 Å². The maximum absolute atomic E-state index is 3.22. The number of likely N-dealkylation sites (N-methyl/N-ethyl adjacent to an activating group) is 1. The minimum absolute atomic E-state index is 0.0604. The Balaban J connectivity index is 2.01. The van der Waals surface area contributed by atoms with Gasteiger partial charge in [0.15, 0.2) is 0 Å². The number of hydrogen-bond donors (Lipinski definition) is 0. The number of allylic oxidation sites excluding steroid dienone is 1. The van der Waals surface area contributed by atoms with Crippen LogP contribution in [0.1, 0.15) is 26.3 Å². The fourth-order valence-corrected chi connectivity index (χ4v) is 2.46. The summed E-state index contributed by atoms with van der Waals surface area (Å²) < 4.78 is 0. The predicted molar refractivity (Wildman–Crippen MR) is 105 cm³/mol. The van der Waals surface area contributed by atoms with Gasteiger partial charge in [0.05, 0.1) is 0 Å². The highest BCUT2D eigenvalue weighted by Gasteiger charge is 2.06. The van der Waals surface area contributed by atoms with Crippen molar-refractivity contribution >= 4 is 0 Å². The molecular formula is C23H27N. The van der Waals surface area contributed by atoms with Crippen molar-refractivity contribution in [2.45, 2.75) is 27.3 Å². The van der Waals surface area contributed by atoms with Gasteiger partial charge in [-0.3, -0.25) is 4.90 Å². The SMILES string of the molecule is CN(C/C=C\C#CC(C)(C)C)Cc1ccccc1-c1ccccc1. The van der Waals surface area contributed by atoms with E-state index in [4.69, 9.17) is 0 Å². The van der Waals surface area contributed by atoms with Crippen LogP contribution in [-0.4, -0.2) is 18.5 Å². The second-order valence-electron chi connectivity index (χ2n) is 7.14. The molecule has 0 spiro atoms. The predicted octanol–water partition coefficient (Wildman–Crippen LogP) is 5.39. The van der Waals surface area contributed by atoms with Gasteiger partial charge in [-0.1, -0.05) is 72.5 Å². The molecule has 0 bridgehead atoms. The summed E-state index contributed by atoms with van der Waals surface area (Å²) in [5.41, 5.74) is 3.99. The van der Waals surface area contributed by atoms with Gasteiger partial charge in [-0.05, 0) is 50.6 Å². The Morgan fingerprint density at radius 3 is 2.33 bits per heavy atom. The molecule has 2 rings (SSSR count). The average molecular weight is 317 g/mol. The lowest BCUT2D eigenvalue weighted by molar-refractivity contribution is 0.364. The Morgan fingerprint density at radius 2 is 1.62 bits per heavy atom. The maximum Gasteiger partial charge on any atom is 0.0240 e. The lowest BCUT2D eigenvalue weighted by Gasteiger charge is -2.17.